The minimum atomic E-state index is -0.671. The number of imide groups is 1. The lowest BCUT2D eigenvalue weighted by molar-refractivity contribution is -0.134. The number of amides is 3. The van der Waals surface area contributed by atoms with Gasteiger partial charge in [-0.1, -0.05) is 12.1 Å². The van der Waals surface area contributed by atoms with E-state index in [1.54, 1.807) is 24.4 Å². The summed E-state index contributed by atoms with van der Waals surface area (Å²) in [5, 5.41) is 15.5. The van der Waals surface area contributed by atoms with Crippen molar-refractivity contribution in [2.45, 2.75) is 44.8 Å². The molecule has 3 aliphatic heterocycles. The first-order chi connectivity index (χ1) is 25.2. The van der Waals surface area contributed by atoms with Crippen molar-refractivity contribution in [3.8, 4) is 11.5 Å². The third-order valence-corrected chi connectivity index (χ3v) is 9.67. The van der Waals surface area contributed by atoms with Gasteiger partial charge in [-0.05, 0) is 43.5 Å². The van der Waals surface area contributed by atoms with Crippen LogP contribution in [0.2, 0.25) is 0 Å². The number of halogens is 1. The van der Waals surface area contributed by atoms with Gasteiger partial charge in [0, 0.05) is 81.3 Å². The van der Waals surface area contributed by atoms with Gasteiger partial charge in [-0.3, -0.25) is 29.6 Å². The molecule has 3 amide bonds. The number of aliphatic hydroxyl groups is 1. The van der Waals surface area contributed by atoms with Gasteiger partial charge < -0.3 is 29.1 Å². The van der Waals surface area contributed by atoms with Crippen molar-refractivity contribution in [1.29, 1.82) is 0 Å². The monoisotopic (exact) mass is 709 g/mol. The minimum absolute atomic E-state index is 0.0843. The molecule has 8 rings (SSSR count). The summed E-state index contributed by atoms with van der Waals surface area (Å²) in [5.41, 5.74) is 3.81. The Hall–Kier alpha value is -5.74. The number of fused-ring (bicyclic) bond motifs is 1. The number of oxazole rings is 2. The van der Waals surface area contributed by atoms with Crippen LogP contribution in [-0.4, -0.2) is 93.0 Å². The van der Waals surface area contributed by atoms with Gasteiger partial charge in [0.05, 0.1) is 17.7 Å². The van der Waals surface area contributed by atoms with Gasteiger partial charge in [-0.25, -0.2) is 14.4 Å². The molecule has 4 aromatic heterocycles. The van der Waals surface area contributed by atoms with Gasteiger partial charge in [0.2, 0.25) is 23.4 Å². The largest absolute Gasteiger partial charge is 0.444 e. The summed E-state index contributed by atoms with van der Waals surface area (Å²) < 4.78 is 26.9. The lowest BCUT2D eigenvalue weighted by Gasteiger charge is -2.33. The molecule has 16 heteroatoms. The molecule has 52 heavy (non-hydrogen) atoms. The van der Waals surface area contributed by atoms with Gasteiger partial charge >= 0.3 is 0 Å². The fraction of sp³-hybridized carbons (Fsp3) is 0.361. The lowest BCUT2D eigenvalue weighted by Crippen LogP contribution is -2.46. The number of carbonyl (C=O) groups excluding carboxylic acids is 3. The first kappa shape index (κ1) is 33.4. The second-order valence-corrected chi connectivity index (χ2v) is 13.4. The van der Waals surface area contributed by atoms with E-state index in [9.17, 15) is 19.5 Å². The fourth-order valence-electron chi connectivity index (χ4n) is 6.92. The van der Waals surface area contributed by atoms with Crippen LogP contribution < -0.4 is 20.4 Å². The predicted molar refractivity (Wildman–Crippen MR) is 186 cm³/mol. The zero-order chi connectivity index (χ0) is 35.9. The average molecular weight is 710 g/mol. The van der Waals surface area contributed by atoms with Gasteiger partial charge in [-0.15, -0.1) is 0 Å². The van der Waals surface area contributed by atoms with Crippen LogP contribution in [0.25, 0.3) is 22.7 Å². The van der Waals surface area contributed by atoms with Crippen LogP contribution in [0.15, 0.2) is 57.7 Å². The van der Waals surface area contributed by atoms with Gasteiger partial charge in [0.25, 0.3) is 11.9 Å². The fourth-order valence-corrected chi connectivity index (χ4v) is 6.92. The number of piperazine rings is 1. The number of anilines is 3. The van der Waals surface area contributed by atoms with E-state index >= 15 is 4.39 Å². The molecule has 0 spiro atoms. The van der Waals surface area contributed by atoms with Crippen LogP contribution in [0, 0.1) is 12.7 Å². The normalized spacial score (nSPS) is 19.8. The van der Waals surface area contributed by atoms with E-state index in [4.69, 9.17) is 13.8 Å². The highest BCUT2D eigenvalue weighted by Crippen LogP contribution is 2.34. The summed E-state index contributed by atoms with van der Waals surface area (Å²) in [6.07, 6.45) is 3.47. The molecule has 1 unspecified atom stereocenters. The number of rotatable bonds is 8. The van der Waals surface area contributed by atoms with Crippen molar-refractivity contribution < 1.29 is 32.7 Å². The second kappa shape index (κ2) is 13.8. The number of hydrogen-bond donors (Lipinski definition) is 3. The number of aromatic nitrogens is 4. The molecule has 0 saturated carbocycles. The Morgan fingerprint density at radius 3 is 2.63 bits per heavy atom. The Labute approximate surface area is 296 Å². The van der Waals surface area contributed by atoms with Crippen molar-refractivity contribution >= 4 is 46.5 Å². The highest BCUT2D eigenvalue weighted by atomic mass is 19.1. The summed E-state index contributed by atoms with van der Waals surface area (Å²) >= 11 is 0. The number of hydrogen-bond acceptors (Lipinski definition) is 13. The van der Waals surface area contributed by atoms with Crippen LogP contribution in [0.5, 0.6) is 0 Å². The van der Waals surface area contributed by atoms with E-state index in [2.05, 4.69) is 30.5 Å². The molecule has 3 fully saturated rings. The topological polar surface area (TPSA) is 183 Å². The van der Waals surface area contributed by atoms with E-state index in [-0.39, 0.29) is 18.0 Å². The number of pyridine rings is 2. The molecule has 15 nitrogen and oxygen atoms in total. The highest BCUT2D eigenvalue weighted by molar-refractivity contribution is 6.05. The Balaban J connectivity index is 0.956. The maximum absolute atomic E-state index is 15.1. The molecule has 3 N–H and O–H groups in total. The zero-order valence-electron chi connectivity index (χ0n) is 28.3. The number of aliphatic hydroxyl groups excluding tert-OH is 1. The standard InChI is InChI=1S/C36H36FN9O6/c1-20-14-22(6-8-38-20)35-40-28(19-51-35)34(50)39-27-16-29-31(42-32(27)46-9-7-23(47)18-46)43-36(52-29)45-12-10-44(11-13-45)17-21-2-3-24(26(37)15-21)25-4-5-30(48)41-33(25)49/h2-3,6,8,14-16,19,23,25,47H,4-5,7,9-13,17-18H2,1H3,(H,39,50)(H,41,48,49)/t23-,25?/m1/s1. The van der Waals surface area contributed by atoms with Crippen molar-refractivity contribution in [2.24, 2.45) is 0 Å². The average Bonchev–Trinajstić information content (AvgIpc) is 3.89. The van der Waals surface area contributed by atoms with E-state index < -0.39 is 29.7 Å². The van der Waals surface area contributed by atoms with Gasteiger partial charge in [-0.2, -0.15) is 4.98 Å². The third kappa shape index (κ3) is 6.81. The van der Waals surface area contributed by atoms with Crippen molar-refractivity contribution in [2.75, 3.05) is 54.4 Å². The highest BCUT2D eigenvalue weighted by Gasteiger charge is 2.31. The molecule has 5 aromatic rings. The molecule has 3 aliphatic rings. The number of piperidine rings is 1. The summed E-state index contributed by atoms with van der Waals surface area (Å²) in [6.45, 7) is 5.82. The maximum atomic E-state index is 15.1. The first-order valence-corrected chi connectivity index (χ1v) is 17.2. The predicted octanol–water partition coefficient (Wildman–Crippen LogP) is 3.39. The lowest BCUT2D eigenvalue weighted by atomic mass is 9.89. The number of nitrogens with one attached hydrogen (secondary N) is 2. The number of β-amino-alcohol motifs (C(OH)–C–C–N with tert-alkyl or cyclic N) is 1. The number of nitrogens with zero attached hydrogens (tertiary/aromatic N) is 7. The zero-order valence-corrected chi connectivity index (χ0v) is 28.3. The van der Waals surface area contributed by atoms with Gasteiger partial charge in [0.15, 0.2) is 17.1 Å². The molecular weight excluding hydrogens is 673 g/mol. The third-order valence-electron chi connectivity index (χ3n) is 9.67. The maximum Gasteiger partial charge on any atom is 0.300 e. The first-order valence-electron chi connectivity index (χ1n) is 17.2. The molecule has 1 aromatic carbocycles. The van der Waals surface area contributed by atoms with Crippen LogP contribution in [0.1, 0.15) is 52.5 Å². The van der Waals surface area contributed by atoms with E-state index in [1.807, 2.05) is 28.9 Å². The van der Waals surface area contributed by atoms with Crippen LogP contribution in [0.4, 0.5) is 21.9 Å². The van der Waals surface area contributed by atoms with Crippen molar-refractivity contribution in [3.63, 3.8) is 0 Å². The number of carbonyl (C=O) groups is 3. The summed E-state index contributed by atoms with van der Waals surface area (Å²) in [6, 6.07) is 10.6. The number of aryl methyl sites for hydroxylation is 1. The Kier molecular flexibility index (Phi) is 8.84. The quantitative estimate of drug-likeness (QED) is 0.200. The molecule has 7 heterocycles. The second-order valence-electron chi connectivity index (χ2n) is 13.4. The smallest absolute Gasteiger partial charge is 0.300 e. The molecule has 3 saturated heterocycles. The summed E-state index contributed by atoms with van der Waals surface area (Å²) in [5.74, 6) is -1.65. The molecule has 0 bridgehead atoms. The SMILES string of the molecule is Cc1cc(-c2nc(C(=O)Nc3cc4oc(N5CCN(Cc6ccc(C7CCC(=O)NC7=O)c(F)c6)CC5)nc4nc3N3CC[C@@H](O)C3)co2)ccn1. The van der Waals surface area contributed by atoms with Crippen molar-refractivity contribution in [3.05, 3.63) is 77.2 Å². The number of benzene rings is 1. The minimum Gasteiger partial charge on any atom is -0.444 e. The van der Waals surface area contributed by atoms with Crippen LogP contribution >= 0.6 is 0 Å². The molecular formula is C36H36FN9O6. The van der Waals surface area contributed by atoms with Gasteiger partial charge in [0.1, 0.15) is 12.1 Å². The van der Waals surface area contributed by atoms with Crippen molar-refractivity contribution in [1.82, 2.24) is 30.2 Å². The molecule has 0 aliphatic carbocycles. The van der Waals surface area contributed by atoms with E-state index in [0.717, 1.165) is 11.3 Å². The summed E-state index contributed by atoms with van der Waals surface area (Å²) in [7, 11) is 0. The summed E-state index contributed by atoms with van der Waals surface area (Å²) in [4.78, 5) is 61.3. The van der Waals surface area contributed by atoms with E-state index in [1.165, 1.54) is 12.3 Å². The van der Waals surface area contributed by atoms with Crippen LogP contribution in [0.3, 0.4) is 0 Å². The van der Waals surface area contributed by atoms with E-state index in [0.29, 0.717) is 104 Å². The molecule has 268 valence electrons. The molecule has 0 radical (unpaired) electrons. The Bertz CT molecular complexity index is 2180. The van der Waals surface area contributed by atoms with Crippen LogP contribution in [-0.2, 0) is 16.1 Å². The Morgan fingerprint density at radius 2 is 1.88 bits per heavy atom. The molecule has 2 atom stereocenters. The Morgan fingerprint density at radius 1 is 1.04 bits per heavy atom.